The van der Waals surface area contributed by atoms with Crippen LogP contribution in [-0.2, 0) is 15.1 Å². The van der Waals surface area contributed by atoms with Crippen LogP contribution in [0, 0.1) is 0 Å². The zero-order valence-electron chi connectivity index (χ0n) is 19.2. The summed E-state index contributed by atoms with van der Waals surface area (Å²) in [6.07, 6.45) is 2.97. The first-order chi connectivity index (χ1) is 14.7. The van der Waals surface area contributed by atoms with Crippen LogP contribution in [0.15, 0.2) is 36.5 Å². The molecule has 1 saturated heterocycles. The third-order valence-electron chi connectivity index (χ3n) is 5.38. The van der Waals surface area contributed by atoms with Gasteiger partial charge in [-0.25, -0.2) is 9.59 Å². The number of hydrogen-bond donors (Lipinski definition) is 0. The molecule has 0 bridgehead atoms. The van der Waals surface area contributed by atoms with E-state index in [1.165, 1.54) is 7.11 Å². The average molecular weight is 429 g/mol. The molecule has 1 amide bonds. The summed E-state index contributed by atoms with van der Waals surface area (Å²) in [5.74, 6) is 0.241. The molecule has 31 heavy (non-hydrogen) atoms. The number of nitrogens with zero attached hydrogens (tertiary/aromatic N) is 2. The summed E-state index contributed by atoms with van der Waals surface area (Å²) in [6, 6.07) is 9.38. The maximum Gasteiger partial charge on any atom is 0.410 e. The number of ether oxygens (including phenoxy) is 3. The second kappa shape index (κ2) is 8.65. The van der Waals surface area contributed by atoms with Gasteiger partial charge >= 0.3 is 12.1 Å². The topological polar surface area (TPSA) is 70.0 Å². The van der Waals surface area contributed by atoms with Crippen LogP contribution >= 0.6 is 0 Å². The summed E-state index contributed by atoms with van der Waals surface area (Å²) in [6.45, 7) is 10.7. The van der Waals surface area contributed by atoms with Crippen LogP contribution in [0.2, 0.25) is 0 Å². The summed E-state index contributed by atoms with van der Waals surface area (Å²) in [5.41, 5.74) is 1.32. The summed E-state index contributed by atoms with van der Waals surface area (Å²) in [7, 11) is 1.36. The van der Waals surface area contributed by atoms with Gasteiger partial charge < -0.3 is 23.7 Å². The van der Waals surface area contributed by atoms with Crippen LogP contribution in [0.3, 0.4) is 0 Å². The van der Waals surface area contributed by atoms with Crippen molar-refractivity contribution >= 4 is 12.1 Å². The predicted octanol–water partition coefficient (Wildman–Crippen LogP) is 4.91. The van der Waals surface area contributed by atoms with Gasteiger partial charge in [0.1, 0.15) is 11.4 Å². The molecule has 0 atom stereocenters. The molecule has 2 aromatic rings. The van der Waals surface area contributed by atoms with E-state index < -0.39 is 17.2 Å². The van der Waals surface area contributed by atoms with Crippen molar-refractivity contribution in [2.45, 2.75) is 58.7 Å². The van der Waals surface area contributed by atoms with Crippen molar-refractivity contribution < 1.29 is 23.8 Å². The van der Waals surface area contributed by atoms with E-state index in [4.69, 9.17) is 14.2 Å². The first kappa shape index (κ1) is 22.7. The van der Waals surface area contributed by atoms with Gasteiger partial charge in [-0.2, -0.15) is 0 Å². The van der Waals surface area contributed by atoms with Crippen LogP contribution in [-0.4, -0.2) is 47.3 Å². The van der Waals surface area contributed by atoms with Gasteiger partial charge in [-0.05, 0) is 51.1 Å². The number of carbonyl (C=O) groups is 2. The minimum absolute atomic E-state index is 0.299. The highest BCUT2D eigenvalue weighted by atomic mass is 16.6. The standard InChI is InChI=1S/C22H26N2O5.C2H6/c1-21(2,3)29-20(26)23-12-9-22(10-13-23)18-6-5-11-24(18)16-8-7-15(19(25)27-4)14-17(16)28-22;1-2/h5-8,11,14H,9-10,12-13H2,1-4H3;1-2H3. The van der Waals surface area contributed by atoms with Gasteiger partial charge in [0.2, 0.25) is 0 Å². The van der Waals surface area contributed by atoms with Crippen molar-refractivity contribution in [3.05, 3.63) is 47.8 Å². The third kappa shape index (κ3) is 4.40. The van der Waals surface area contributed by atoms with E-state index in [0.29, 0.717) is 37.2 Å². The van der Waals surface area contributed by atoms with Crippen molar-refractivity contribution in [3.63, 3.8) is 0 Å². The van der Waals surface area contributed by atoms with E-state index in [-0.39, 0.29) is 6.09 Å². The maximum atomic E-state index is 12.4. The highest BCUT2D eigenvalue weighted by Crippen LogP contribution is 2.45. The Hall–Kier alpha value is -2.96. The second-order valence-corrected chi connectivity index (χ2v) is 8.50. The lowest BCUT2D eigenvalue weighted by atomic mass is 9.86. The second-order valence-electron chi connectivity index (χ2n) is 8.50. The van der Waals surface area contributed by atoms with E-state index in [9.17, 15) is 9.59 Å². The van der Waals surface area contributed by atoms with Gasteiger partial charge in [-0.3, -0.25) is 0 Å². The van der Waals surface area contributed by atoms with Gasteiger partial charge in [0.15, 0.2) is 5.60 Å². The number of carbonyl (C=O) groups excluding carboxylic acids is 2. The zero-order chi connectivity index (χ0) is 22.8. The summed E-state index contributed by atoms with van der Waals surface area (Å²) in [4.78, 5) is 26.1. The van der Waals surface area contributed by atoms with Crippen LogP contribution in [0.4, 0.5) is 4.79 Å². The summed E-state index contributed by atoms with van der Waals surface area (Å²) in [5, 5.41) is 0. The SMILES string of the molecule is CC.COC(=O)c1ccc2c(c1)OC1(CCN(C(=O)OC(C)(C)C)CC1)c1cccn1-2. The largest absolute Gasteiger partial charge is 0.479 e. The van der Waals surface area contributed by atoms with Crippen molar-refractivity contribution in [1.29, 1.82) is 0 Å². The van der Waals surface area contributed by atoms with E-state index in [1.807, 2.05) is 52.9 Å². The van der Waals surface area contributed by atoms with E-state index >= 15 is 0 Å². The Kier molecular flexibility index (Phi) is 6.34. The number of amides is 1. The highest BCUT2D eigenvalue weighted by molar-refractivity contribution is 5.90. The fourth-order valence-electron chi connectivity index (χ4n) is 4.00. The van der Waals surface area contributed by atoms with E-state index in [1.54, 1.807) is 17.0 Å². The molecule has 2 aliphatic rings. The lowest BCUT2D eigenvalue weighted by Gasteiger charge is -2.45. The van der Waals surface area contributed by atoms with Crippen molar-refractivity contribution in [2.24, 2.45) is 0 Å². The Labute approximate surface area is 183 Å². The van der Waals surface area contributed by atoms with Crippen LogP contribution < -0.4 is 4.74 Å². The first-order valence-electron chi connectivity index (χ1n) is 10.8. The Bertz CT molecular complexity index is 949. The molecule has 0 unspecified atom stereocenters. The molecule has 1 spiro atoms. The molecule has 1 fully saturated rings. The molecule has 7 heteroatoms. The first-order valence-corrected chi connectivity index (χ1v) is 10.8. The number of benzene rings is 1. The molecule has 7 nitrogen and oxygen atoms in total. The van der Waals surface area contributed by atoms with Crippen molar-refractivity contribution in [1.82, 2.24) is 9.47 Å². The van der Waals surface area contributed by atoms with E-state index in [2.05, 4.69) is 10.6 Å². The molecule has 0 saturated carbocycles. The lowest BCUT2D eigenvalue weighted by molar-refractivity contribution is -0.0269. The third-order valence-corrected chi connectivity index (χ3v) is 5.38. The fourth-order valence-corrected chi connectivity index (χ4v) is 4.00. The van der Waals surface area contributed by atoms with Crippen LogP contribution in [0.1, 0.15) is 63.5 Å². The van der Waals surface area contributed by atoms with Gasteiger partial charge in [0, 0.05) is 32.1 Å². The lowest BCUT2D eigenvalue weighted by Crippen LogP contribution is -2.50. The molecule has 3 heterocycles. The van der Waals surface area contributed by atoms with Gasteiger partial charge in [-0.1, -0.05) is 13.8 Å². The molecular formula is C24H32N2O5. The number of piperidine rings is 1. The summed E-state index contributed by atoms with van der Waals surface area (Å²) >= 11 is 0. The quantitative estimate of drug-likeness (QED) is 0.604. The van der Waals surface area contributed by atoms with Crippen LogP contribution in [0.5, 0.6) is 5.75 Å². The molecule has 0 N–H and O–H groups in total. The molecule has 2 aliphatic heterocycles. The van der Waals surface area contributed by atoms with Crippen molar-refractivity contribution in [2.75, 3.05) is 20.2 Å². The number of esters is 1. The van der Waals surface area contributed by atoms with Crippen molar-refractivity contribution in [3.8, 4) is 11.4 Å². The van der Waals surface area contributed by atoms with Gasteiger partial charge in [-0.15, -0.1) is 0 Å². The van der Waals surface area contributed by atoms with Gasteiger partial charge in [0.05, 0.1) is 24.1 Å². The molecule has 0 radical (unpaired) electrons. The monoisotopic (exact) mass is 428 g/mol. The minimum Gasteiger partial charge on any atom is -0.479 e. The molecule has 4 rings (SSSR count). The number of aromatic nitrogens is 1. The zero-order valence-corrected chi connectivity index (χ0v) is 19.2. The molecule has 168 valence electrons. The Balaban J connectivity index is 0.00000132. The number of methoxy groups -OCH3 is 1. The Morgan fingerprint density at radius 3 is 2.39 bits per heavy atom. The molecule has 1 aromatic carbocycles. The van der Waals surface area contributed by atoms with Gasteiger partial charge in [0.25, 0.3) is 0 Å². The number of likely N-dealkylation sites (tertiary alicyclic amines) is 1. The number of fused-ring (bicyclic) bond motifs is 4. The Morgan fingerprint density at radius 1 is 1.10 bits per heavy atom. The Morgan fingerprint density at radius 2 is 1.77 bits per heavy atom. The smallest absolute Gasteiger partial charge is 0.410 e. The van der Waals surface area contributed by atoms with E-state index in [0.717, 1.165) is 11.4 Å². The fraction of sp³-hybridized carbons (Fsp3) is 0.500. The summed E-state index contributed by atoms with van der Waals surface area (Å²) < 4.78 is 18.9. The normalized spacial score (nSPS) is 16.3. The highest BCUT2D eigenvalue weighted by Gasteiger charge is 2.45. The molecular weight excluding hydrogens is 396 g/mol. The molecule has 1 aromatic heterocycles. The number of hydrogen-bond acceptors (Lipinski definition) is 5. The average Bonchev–Trinajstić information content (AvgIpc) is 3.25. The number of rotatable bonds is 1. The predicted molar refractivity (Wildman–Crippen MR) is 118 cm³/mol. The van der Waals surface area contributed by atoms with Crippen LogP contribution in [0.25, 0.3) is 5.69 Å². The minimum atomic E-state index is -0.552. The molecule has 0 aliphatic carbocycles. The maximum absolute atomic E-state index is 12.4.